The van der Waals surface area contributed by atoms with Crippen molar-refractivity contribution in [2.24, 2.45) is 5.41 Å². The van der Waals surface area contributed by atoms with Gasteiger partial charge in [0.05, 0.1) is 0 Å². The molecule has 2 aromatic rings. The van der Waals surface area contributed by atoms with E-state index in [1.165, 1.54) is 0 Å². The molecule has 0 atom stereocenters. The minimum atomic E-state index is 0.0865. The van der Waals surface area contributed by atoms with E-state index in [2.05, 4.69) is 32.9 Å². The Morgan fingerprint density at radius 1 is 0.960 bits per heavy atom. The summed E-state index contributed by atoms with van der Waals surface area (Å²) in [6.45, 7) is 6.42. The maximum atomic E-state index is 9.38. The van der Waals surface area contributed by atoms with Crippen LogP contribution in [0.25, 0.3) is 11.6 Å². The molecule has 0 saturated heterocycles. The lowest BCUT2D eigenvalue weighted by Crippen LogP contribution is -2.04. The molecule has 2 aromatic carbocycles. The predicted molar refractivity (Wildman–Crippen MR) is 98.7 cm³/mol. The maximum absolute atomic E-state index is 9.38. The van der Waals surface area contributed by atoms with Crippen LogP contribution in [0, 0.1) is 28.1 Å². The lowest BCUT2D eigenvalue weighted by atomic mass is 9.89. The van der Waals surface area contributed by atoms with Gasteiger partial charge in [-0.2, -0.15) is 10.5 Å². The Morgan fingerprint density at radius 2 is 1.64 bits per heavy atom. The van der Waals surface area contributed by atoms with Crippen molar-refractivity contribution >= 4 is 11.6 Å². The summed E-state index contributed by atoms with van der Waals surface area (Å²) in [5.41, 5.74) is 3.37. The average Bonchev–Trinajstić information content (AvgIpc) is 2.59. The zero-order valence-electron chi connectivity index (χ0n) is 14.5. The highest BCUT2D eigenvalue weighted by atomic mass is 16.5. The Balaban J connectivity index is 2.18. The number of ether oxygens (including phenoxy) is 1. The van der Waals surface area contributed by atoms with E-state index in [0.29, 0.717) is 17.1 Å². The molecule has 122 valence electrons. The first-order valence-electron chi connectivity index (χ1n) is 8.08. The molecule has 1 aliphatic heterocycles. The second-order valence-electron chi connectivity index (χ2n) is 7.03. The van der Waals surface area contributed by atoms with Crippen molar-refractivity contribution in [2.75, 3.05) is 0 Å². The lowest BCUT2D eigenvalue weighted by Gasteiger charge is -2.23. The van der Waals surface area contributed by atoms with Crippen molar-refractivity contribution in [3.63, 3.8) is 0 Å². The van der Waals surface area contributed by atoms with Crippen LogP contribution < -0.4 is 4.74 Å². The summed E-state index contributed by atoms with van der Waals surface area (Å²) in [7, 11) is 0. The van der Waals surface area contributed by atoms with Crippen molar-refractivity contribution in [3.8, 4) is 23.6 Å². The minimum absolute atomic E-state index is 0.0865. The highest BCUT2D eigenvalue weighted by Crippen LogP contribution is 2.45. The average molecular weight is 326 g/mol. The molecule has 1 heterocycles. The number of nitriles is 2. The van der Waals surface area contributed by atoms with Crippen LogP contribution in [0.5, 0.6) is 11.5 Å². The number of hydrogen-bond acceptors (Lipinski definition) is 3. The lowest BCUT2D eigenvalue weighted by molar-refractivity contribution is 0.474. The van der Waals surface area contributed by atoms with E-state index >= 15 is 0 Å². The van der Waals surface area contributed by atoms with Gasteiger partial charge >= 0.3 is 0 Å². The zero-order valence-corrected chi connectivity index (χ0v) is 14.5. The van der Waals surface area contributed by atoms with Crippen molar-refractivity contribution in [3.05, 3.63) is 70.8 Å². The predicted octanol–water partition coefficient (Wildman–Crippen LogP) is 5.70. The summed E-state index contributed by atoms with van der Waals surface area (Å²) in [4.78, 5) is 0. The SMILES string of the molecule is CC(C)(C)/C=C/c1ccc2c(c1)Oc1ccccc1C2=C(C#N)C#N. The van der Waals surface area contributed by atoms with E-state index in [-0.39, 0.29) is 11.0 Å². The van der Waals surface area contributed by atoms with Crippen LogP contribution in [0.15, 0.2) is 54.1 Å². The highest BCUT2D eigenvalue weighted by molar-refractivity contribution is 5.93. The van der Waals surface area contributed by atoms with Gasteiger partial charge in [-0.05, 0) is 29.2 Å². The fourth-order valence-electron chi connectivity index (χ4n) is 2.71. The van der Waals surface area contributed by atoms with Gasteiger partial charge in [-0.1, -0.05) is 57.2 Å². The molecule has 0 saturated carbocycles. The molecule has 0 bridgehead atoms. The number of allylic oxidation sites excluding steroid dienone is 2. The number of benzene rings is 2. The molecule has 0 unspecified atom stereocenters. The third kappa shape index (κ3) is 3.32. The third-order valence-corrected chi connectivity index (χ3v) is 3.90. The molecule has 0 aliphatic carbocycles. The van der Waals surface area contributed by atoms with Crippen molar-refractivity contribution in [1.82, 2.24) is 0 Å². The van der Waals surface area contributed by atoms with Gasteiger partial charge in [0, 0.05) is 16.7 Å². The van der Waals surface area contributed by atoms with Crippen molar-refractivity contribution in [2.45, 2.75) is 20.8 Å². The van der Waals surface area contributed by atoms with Gasteiger partial charge in [-0.3, -0.25) is 0 Å². The molecule has 0 spiro atoms. The first kappa shape index (κ1) is 16.6. The summed E-state index contributed by atoms with van der Waals surface area (Å²) in [6.07, 6.45) is 4.20. The van der Waals surface area contributed by atoms with Crippen LogP contribution in [0.1, 0.15) is 37.5 Å². The molecule has 0 N–H and O–H groups in total. The summed E-state index contributed by atoms with van der Waals surface area (Å²) in [6, 6.07) is 17.3. The topological polar surface area (TPSA) is 56.8 Å². The molecule has 3 rings (SSSR count). The first-order valence-corrected chi connectivity index (χ1v) is 8.08. The second kappa shape index (κ2) is 6.30. The van der Waals surface area contributed by atoms with Crippen LogP contribution in [0.4, 0.5) is 0 Å². The molecule has 0 aromatic heterocycles. The smallest absolute Gasteiger partial charge is 0.138 e. The summed E-state index contributed by atoms with van der Waals surface area (Å²) >= 11 is 0. The van der Waals surface area contributed by atoms with E-state index in [4.69, 9.17) is 4.74 Å². The van der Waals surface area contributed by atoms with Crippen molar-refractivity contribution in [1.29, 1.82) is 10.5 Å². The molecule has 0 amide bonds. The van der Waals surface area contributed by atoms with E-state index in [0.717, 1.165) is 16.7 Å². The van der Waals surface area contributed by atoms with Gasteiger partial charge in [0.1, 0.15) is 29.2 Å². The molecule has 0 radical (unpaired) electrons. The first-order chi connectivity index (χ1) is 11.9. The molecule has 1 aliphatic rings. The number of hydrogen-bond donors (Lipinski definition) is 0. The van der Waals surface area contributed by atoms with E-state index in [1.54, 1.807) is 0 Å². The minimum Gasteiger partial charge on any atom is -0.456 e. The fourth-order valence-corrected chi connectivity index (χ4v) is 2.71. The Labute approximate surface area is 148 Å². The molecular formula is C22H18N2O. The Hall–Kier alpha value is -3.30. The van der Waals surface area contributed by atoms with Crippen LogP contribution in [-0.2, 0) is 0 Å². The maximum Gasteiger partial charge on any atom is 0.138 e. The van der Waals surface area contributed by atoms with Gasteiger partial charge in [0.2, 0.25) is 0 Å². The van der Waals surface area contributed by atoms with Gasteiger partial charge in [-0.25, -0.2) is 0 Å². The van der Waals surface area contributed by atoms with Crippen LogP contribution in [0.3, 0.4) is 0 Å². The monoisotopic (exact) mass is 326 g/mol. The number of para-hydroxylation sites is 1. The Morgan fingerprint density at radius 3 is 2.32 bits per heavy atom. The zero-order chi connectivity index (χ0) is 18.0. The number of rotatable bonds is 1. The van der Waals surface area contributed by atoms with E-state index in [1.807, 2.05) is 54.6 Å². The standard InChI is InChI=1S/C22H18N2O/c1-22(2,3)11-10-15-8-9-18-20(12-15)25-19-7-5-4-6-17(19)21(18)16(13-23)14-24/h4-12H,1-3H3/b11-10+. The quantitative estimate of drug-likeness (QED) is 0.539. The number of nitrogens with zero attached hydrogens (tertiary/aromatic N) is 2. The van der Waals surface area contributed by atoms with Gasteiger partial charge in [-0.15, -0.1) is 0 Å². The third-order valence-electron chi connectivity index (χ3n) is 3.90. The van der Waals surface area contributed by atoms with E-state index < -0.39 is 0 Å². The van der Waals surface area contributed by atoms with Crippen LogP contribution >= 0.6 is 0 Å². The molecular weight excluding hydrogens is 308 g/mol. The van der Waals surface area contributed by atoms with Crippen LogP contribution in [-0.4, -0.2) is 0 Å². The Kier molecular flexibility index (Phi) is 4.17. The fraction of sp³-hybridized carbons (Fsp3) is 0.182. The largest absolute Gasteiger partial charge is 0.456 e. The summed E-state index contributed by atoms with van der Waals surface area (Å²) < 4.78 is 6.03. The normalized spacial score (nSPS) is 12.6. The second-order valence-corrected chi connectivity index (χ2v) is 7.03. The summed E-state index contributed by atoms with van der Waals surface area (Å²) in [5.74, 6) is 1.32. The highest BCUT2D eigenvalue weighted by Gasteiger charge is 2.25. The van der Waals surface area contributed by atoms with Gasteiger partial charge in [0.15, 0.2) is 0 Å². The molecule has 3 nitrogen and oxygen atoms in total. The molecule has 0 fully saturated rings. The molecule has 3 heteroatoms. The van der Waals surface area contributed by atoms with Gasteiger partial charge < -0.3 is 4.74 Å². The molecule has 25 heavy (non-hydrogen) atoms. The number of fused-ring (bicyclic) bond motifs is 2. The Bertz CT molecular complexity index is 960. The van der Waals surface area contributed by atoms with Gasteiger partial charge in [0.25, 0.3) is 0 Å². The van der Waals surface area contributed by atoms with E-state index in [9.17, 15) is 10.5 Å². The summed E-state index contributed by atoms with van der Waals surface area (Å²) in [5, 5.41) is 18.8. The van der Waals surface area contributed by atoms with Crippen LogP contribution in [0.2, 0.25) is 0 Å². The van der Waals surface area contributed by atoms with Crippen molar-refractivity contribution < 1.29 is 4.74 Å².